The molecule has 0 bridgehead atoms. The van der Waals surface area contributed by atoms with E-state index in [0.717, 1.165) is 5.39 Å². The number of carbonyl (C=O) groups excluding carboxylic acids is 2. The molecule has 22 heavy (non-hydrogen) atoms. The van der Waals surface area contributed by atoms with E-state index < -0.39 is 11.6 Å². The molecule has 4 rings (SSSR count). The van der Waals surface area contributed by atoms with Gasteiger partial charge in [0.2, 0.25) is 11.6 Å². The summed E-state index contributed by atoms with van der Waals surface area (Å²) >= 11 is 0. The number of fused-ring (bicyclic) bond motifs is 2. The van der Waals surface area contributed by atoms with Gasteiger partial charge in [0.15, 0.2) is 11.5 Å². The highest BCUT2D eigenvalue weighted by Gasteiger charge is 2.18. The van der Waals surface area contributed by atoms with Crippen molar-refractivity contribution in [2.45, 2.75) is 0 Å². The van der Waals surface area contributed by atoms with Crippen molar-refractivity contribution < 1.29 is 19.8 Å². The van der Waals surface area contributed by atoms with E-state index in [2.05, 4.69) is 9.97 Å². The van der Waals surface area contributed by atoms with Gasteiger partial charge in [0, 0.05) is 22.9 Å². The van der Waals surface area contributed by atoms with Crippen molar-refractivity contribution in [1.82, 2.24) is 9.97 Å². The SMILES string of the molecule is O=C1C=c2cc(-c3c(O)c(O)cc4cc[nH]c34)[nH]c2=CC1=O. The van der Waals surface area contributed by atoms with E-state index in [1.165, 1.54) is 18.2 Å². The minimum Gasteiger partial charge on any atom is -0.504 e. The van der Waals surface area contributed by atoms with Gasteiger partial charge in [-0.05, 0) is 24.3 Å². The largest absolute Gasteiger partial charge is 0.504 e. The number of nitrogens with one attached hydrogen (secondary N) is 2. The van der Waals surface area contributed by atoms with Crippen molar-refractivity contribution in [3.8, 4) is 22.8 Å². The average Bonchev–Trinajstić information content (AvgIpc) is 3.07. The number of aromatic amines is 2. The molecule has 3 aromatic rings. The van der Waals surface area contributed by atoms with Crippen molar-refractivity contribution >= 4 is 34.6 Å². The topological polar surface area (TPSA) is 106 Å². The Morgan fingerprint density at radius 2 is 1.77 bits per heavy atom. The third-order valence-corrected chi connectivity index (χ3v) is 3.76. The second kappa shape index (κ2) is 4.11. The number of aromatic nitrogens is 2. The van der Waals surface area contributed by atoms with Gasteiger partial charge in [0.25, 0.3) is 0 Å². The number of benzene rings is 1. The fourth-order valence-corrected chi connectivity index (χ4v) is 2.72. The number of carbonyl (C=O) groups is 2. The van der Waals surface area contributed by atoms with E-state index in [0.29, 0.717) is 27.3 Å². The molecule has 6 nitrogen and oxygen atoms in total. The van der Waals surface area contributed by atoms with Crippen LogP contribution in [0.15, 0.2) is 24.4 Å². The first kappa shape index (κ1) is 12.5. The number of hydrogen-bond donors (Lipinski definition) is 4. The maximum absolute atomic E-state index is 11.4. The van der Waals surface area contributed by atoms with Crippen LogP contribution in [0.1, 0.15) is 0 Å². The van der Waals surface area contributed by atoms with Crippen LogP contribution in [-0.4, -0.2) is 31.7 Å². The quantitative estimate of drug-likeness (QED) is 0.382. The Morgan fingerprint density at radius 3 is 2.59 bits per heavy atom. The lowest BCUT2D eigenvalue weighted by atomic mass is 10.1. The summed E-state index contributed by atoms with van der Waals surface area (Å²) in [7, 11) is 0. The van der Waals surface area contributed by atoms with Gasteiger partial charge >= 0.3 is 0 Å². The Morgan fingerprint density at radius 1 is 1.00 bits per heavy atom. The van der Waals surface area contributed by atoms with E-state index in [-0.39, 0.29) is 11.5 Å². The average molecular weight is 294 g/mol. The molecule has 108 valence electrons. The summed E-state index contributed by atoms with van der Waals surface area (Å²) in [5, 5.41) is 21.9. The van der Waals surface area contributed by atoms with Crippen LogP contribution in [0, 0.1) is 0 Å². The lowest BCUT2D eigenvalue weighted by molar-refractivity contribution is -0.129. The summed E-state index contributed by atoms with van der Waals surface area (Å²) in [6, 6.07) is 4.88. The molecule has 0 spiro atoms. The number of phenols is 2. The number of Topliss-reactive ketones (excluding diaryl/α,β-unsaturated/α-hetero) is 2. The molecule has 1 aliphatic rings. The van der Waals surface area contributed by atoms with Gasteiger partial charge in [-0.15, -0.1) is 0 Å². The van der Waals surface area contributed by atoms with E-state index in [4.69, 9.17) is 0 Å². The molecule has 1 aromatic carbocycles. The van der Waals surface area contributed by atoms with Crippen molar-refractivity contribution in [2.75, 3.05) is 0 Å². The van der Waals surface area contributed by atoms with Crippen molar-refractivity contribution in [2.24, 2.45) is 0 Å². The van der Waals surface area contributed by atoms with Gasteiger partial charge in [-0.1, -0.05) is 0 Å². The van der Waals surface area contributed by atoms with Gasteiger partial charge in [-0.2, -0.15) is 0 Å². The van der Waals surface area contributed by atoms with E-state index in [1.807, 2.05) is 0 Å². The molecule has 0 saturated heterocycles. The molecule has 0 saturated carbocycles. The van der Waals surface area contributed by atoms with Crippen LogP contribution in [0.25, 0.3) is 34.3 Å². The molecular weight excluding hydrogens is 284 g/mol. The molecule has 4 N–H and O–H groups in total. The standard InChI is InChI=1S/C16H10N2O4/c19-11-5-8-3-10(18-9(8)6-12(11)20)14-15-7(1-2-17-15)4-13(21)16(14)22/h1-6,17-18,21-22H. The first-order chi connectivity index (χ1) is 10.5. The maximum Gasteiger partial charge on any atom is 0.227 e. The summed E-state index contributed by atoms with van der Waals surface area (Å²) in [6.45, 7) is 0. The molecule has 0 atom stereocenters. The van der Waals surface area contributed by atoms with Gasteiger partial charge in [-0.3, -0.25) is 9.59 Å². The van der Waals surface area contributed by atoms with Crippen molar-refractivity contribution in [1.29, 1.82) is 0 Å². The highest BCUT2D eigenvalue weighted by molar-refractivity contribution is 6.57. The van der Waals surface area contributed by atoms with Crippen molar-refractivity contribution in [3.05, 3.63) is 35.0 Å². The molecule has 0 aliphatic heterocycles. The Balaban J connectivity index is 2.08. The zero-order chi connectivity index (χ0) is 15.4. The zero-order valence-electron chi connectivity index (χ0n) is 11.2. The molecule has 0 fully saturated rings. The molecular formula is C16H10N2O4. The minimum atomic E-state index is -0.592. The Bertz CT molecular complexity index is 1040. The third kappa shape index (κ3) is 1.61. The lowest BCUT2D eigenvalue weighted by Gasteiger charge is -2.06. The number of aromatic hydroxyl groups is 2. The van der Waals surface area contributed by atoms with Crippen LogP contribution < -0.4 is 10.6 Å². The first-order valence-corrected chi connectivity index (χ1v) is 6.58. The molecule has 2 aromatic heterocycles. The number of phenolic OH excluding ortho intramolecular Hbond substituents is 2. The summed E-state index contributed by atoms with van der Waals surface area (Å²) in [4.78, 5) is 28.9. The van der Waals surface area contributed by atoms with Gasteiger partial charge in [0.1, 0.15) is 0 Å². The molecule has 1 aliphatic carbocycles. The number of ketones is 2. The normalized spacial score (nSPS) is 13.8. The molecule has 0 unspecified atom stereocenters. The van der Waals surface area contributed by atoms with Crippen LogP contribution >= 0.6 is 0 Å². The fraction of sp³-hybridized carbons (Fsp3) is 0. The predicted octanol–water partition coefficient (Wildman–Crippen LogP) is 0.287. The summed E-state index contributed by atoms with van der Waals surface area (Å²) in [5.74, 6) is -1.68. The third-order valence-electron chi connectivity index (χ3n) is 3.76. The van der Waals surface area contributed by atoms with E-state index >= 15 is 0 Å². The smallest absolute Gasteiger partial charge is 0.227 e. The van der Waals surface area contributed by atoms with Crippen LogP contribution in [0.3, 0.4) is 0 Å². The van der Waals surface area contributed by atoms with Crippen LogP contribution in [-0.2, 0) is 9.59 Å². The zero-order valence-corrected chi connectivity index (χ0v) is 11.2. The number of hydrogen-bond acceptors (Lipinski definition) is 4. The van der Waals surface area contributed by atoms with Crippen molar-refractivity contribution in [3.63, 3.8) is 0 Å². The van der Waals surface area contributed by atoms with E-state index in [9.17, 15) is 19.8 Å². The Labute approximate surface area is 123 Å². The van der Waals surface area contributed by atoms with E-state index in [1.54, 1.807) is 18.3 Å². The second-order valence-electron chi connectivity index (χ2n) is 5.13. The first-order valence-electron chi connectivity index (χ1n) is 6.58. The summed E-state index contributed by atoms with van der Waals surface area (Å²) in [5.41, 5.74) is 1.53. The predicted molar refractivity (Wildman–Crippen MR) is 79.6 cm³/mol. The van der Waals surface area contributed by atoms with Crippen LogP contribution in [0.4, 0.5) is 0 Å². The second-order valence-corrected chi connectivity index (χ2v) is 5.13. The Kier molecular flexibility index (Phi) is 2.33. The number of rotatable bonds is 1. The molecule has 2 heterocycles. The molecule has 0 radical (unpaired) electrons. The maximum atomic E-state index is 11.4. The summed E-state index contributed by atoms with van der Waals surface area (Å²) in [6.07, 6.45) is 4.18. The minimum absolute atomic E-state index is 0.241. The highest BCUT2D eigenvalue weighted by Crippen LogP contribution is 2.40. The van der Waals surface area contributed by atoms with Crippen LogP contribution in [0.2, 0.25) is 0 Å². The highest BCUT2D eigenvalue weighted by atomic mass is 16.3. The van der Waals surface area contributed by atoms with Crippen LogP contribution in [0.5, 0.6) is 11.5 Å². The molecule has 0 amide bonds. The van der Waals surface area contributed by atoms with Gasteiger partial charge < -0.3 is 20.2 Å². The van der Waals surface area contributed by atoms with Gasteiger partial charge in [-0.25, -0.2) is 0 Å². The fourth-order valence-electron chi connectivity index (χ4n) is 2.72. The molecule has 6 heteroatoms. The summed E-state index contributed by atoms with van der Waals surface area (Å²) < 4.78 is 0. The number of H-pyrrole nitrogens is 2. The Hall–Kier alpha value is -3.28. The van der Waals surface area contributed by atoms with Gasteiger partial charge in [0.05, 0.1) is 22.1 Å². The lowest BCUT2D eigenvalue weighted by Crippen LogP contribution is -2.31. The monoisotopic (exact) mass is 294 g/mol.